The largest absolute Gasteiger partial charge is 0.376 e. The average molecular weight is 788 g/mol. The molecule has 10 nitrogen and oxygen atoms in total. The first-order chi connectivity index (χ1) is 27.3. The van der Waals surface area contributed by atoms with Crippen LogP contribution in [-0.4, -0.2) is 62.0 Å². The summed E-state index contributed by atoms with van der Waals surface area (Å²) in [5.41, 5.74) is 8.85. The number of hydrogen-bond acceptors (Lipinski definition) is 6. The lowest BCUT2D eigenvalue weighted by molar-refractivity contribution is -0.361. The van der Waals surface area contributed by atoms with Gasteiger partial charge in [0.1, 0.15) is 11.6 Å². The maximum absolute atomic E-state index is 16.0. The van der Waals surface area contributed by atoms with E-state index in [0.717, 1.165) is 43.7 Å². The molecule has 13 heteroatoms. The van der Waals surface area contributed by atoms with Crippen LogP contribution in [0.4, 0.5) is 14.5 Å². The normalized spacial score (nSPS) is 21.6. The van der Waals surface area contributed by atoms with Gasteiger partial charge in [0, 0.05) is 87.6 Å². The molecule has 1 saturated carbocycles. The Morgan fingerprint density at radius 3 is 2.54 bits per heavy atom. The Labute approximate surface area is 333 Å². The molecule has 3 aromatic heterocycles. The smallest absolute Gasteiger partial charge is 0.338 e. The second-order valence-corrected chi connectivity index (χ2v) is 17.8. The summed E-state index contributed by atoms with van der Waals surface area (Å²) in [6, 6.07) is 13.9. The van der Waals surface area contributed by atoms with E-state index in [1.54, 1.807) is 83.4 Å². The van der Waals surface area contributed by atoms with E-state index >= 15 is 4.39 Å². The summed E-state index contributed by atoms with van der Waals surface area (Å²) in [6.45, 7) is 12.2. The van der Waals surface area contributed by atoms with E-state index in [1.807, 2.05) is 0 Å². The van der Waals surface area contributed by atoms with Gasteiger partial charge in [-0.2, -0.15) is 14.8 Å². The van der Waals surface area contributed by atoms with Crippen LogP contribution in [0.2, 0.25) is 0 Å². The lowest BCUT2D eigenvalue weighted by atomic mass is 9.83. The van der Waals surface area contributed by atoms with Crippen LogP contribution in [0.25, 0.3) is 34.2 Å². The third-order valence-electron chi connectivity index (χ3n) is 12.1. The van der Waals surface area contributed by atoms with Gasteiger partial charge in [-0.1, -0.05) is 13.0 Å². The monoisotopic (exact) mass is 787 g/mol. The van der Waals surface area contributed by atoms with E-state index in [-0.39, 0.29) is 17.1 Å². The molecule has 0 radical (unpaired) electrons. The number of imidazole rings is 1. The summed E-state index contributed by atoms with van der Waals surface area (Å²) in [5.74, 6) is 0.747. The van der Waals surface area contributed by atoms with E-state index in [4.69, 9.17) is 9.84 Å². The Hall–Kier alpha value is -5.11. The SMILES string of the molecule is Cc1cc(-n2nc3c(c2-n2ccn(-c4ccc5c(cnn5C)c4F)c2=O)CN(SC2=Cc4cc(C5CCOC(C)(C)C5)ccc4/[N+]2=C2\C[C@@H]2C)CC3)cc(C)c1F. The van der Waals surface area contributed by atoms with E-state index in [9.17, 15) is 9.18 Å². The van der Waals surface area contributed by atoms with Crippen molar-refractivity contribution in [3.8, 4) is 17.2 Å². The van der Waals surface area contributed by atoms with Gasteiger partial charge in [-0.25, -0.2) is 22.6 Å². The van der Waals surface area contributed by atoms with Crippen LogP contribution in [0.15, 0.2) is 70.9 Å². The highest BCUT2D eigenvalue weighted by atomic mass is 32.2. The maximum atomic E-state index is 16.0. The molecule has 2 atom stereocenters. The van der Waals surface area contributed by atoms with Gasteiger partial charge < -0.3 is 4.74 Å². The van der Waals surface area contributed by atoms with Crippen molar-refractivity contribution < 1.29 is 18.1 Å². The van der Waals surface area contributed by atoms with Crippen LogP contribution in [-0.2, 0) is 24.8 Å². The van der Waals surface area contributed by atoms with Crippen molar-refractivity contribution in [1.29, 1.82) is 0 Å². The van der Waals surface area contributed by atoms with Gasteiger partial charge in [-0.3, -0.25) is 13.8 Å². The second kappa shape index (κ2) is 13.2. The fourth-order valence-electron chi connectivity index (χ4n) is 9.02. The van der Waals surface area contributed by atoms with Crippen molar-refractivity contribution in [2.45, 2.75) is 78.4 Å². The van der Waals surface area contributed by atoms with Gasteiger partial charge in [0.05, 0.1) is 45.3 Å². The Kier molecular flexibility index (Phi) is 8.41. The quantitative estimate of drug-likeness (QED) is 0.125. The lowest BCUT2D eigenvalue weighted by Gasteiger charge is -2.35. The molecule has 1 aliphatic carbocycles. The molecule has 4 aliphatic rings. The molecule has 0 N–H and O–H groups in total. The highest BCUT2D eigenvalue weighted by molar-refractivity contribution is 8.00. The third-order valence-corrected chi connectivity index (χ3v) is 13.2. The van der Waals surface area contributed by atoms with Crippen molar-refractivity contribution in [1.82, 2.24) is 33.0 Å². The number of aryl methyl sites for hydroxylation is 3. The molecule has 0 amide bonds. The molecule has 6 heterocycles. The zero-order chi connectivity index (χ0) is 39.5. The molecule has 10 rings (SSSR count). The number of ether oxygens (including phenoxy) is 1. The zero-order valence-corrected chi connectivity index (χ0v) is 33.8. The maximum Gasteiger partial charge on any atom is 0.338 e. The van der Waals surface area contributed by atoms with Crippen molar-refractivity contribution in [2.75, 3.05) is 13.2 Å². The standard InChI is InChI=1S/C44H45F2N8O2S/c1-25-19-38(25)53-35-8-7-28(29-12-16-56-44(4,5)22-29)20-30(35)21-39(53)57-50-13-11-34-33(24-50)42(54(48-34)31-17-26(2)40(45)27(3)18-31)52-15-14-51(43(52)55)37-10-9-36-32(41(37)46)23-47-49(36)6/h7-10,14-15,17-18,20-21,23,25,29H,11-13,16,19,22,24H2,1-6H3/q+1/b53-38-/t25-,29?/m0/s1. The van der Waals surface area contributed by atoms with Crippen molar-refractivity contribution in [3.63, 3.8) is 0 Å². The van der Waals surface area contributed by atoms with E-state index in [1.165, 1.54) is 38.3 Å². The first-order valence-electron chi connectivity index (χ1n) is 19.7. The van der Waals surface area contributed by atoms with Crippen LogP contribution < -0.4 is 5.69 Å². The van der Waals surface area contributed by atoms with Gasteiger partial charge in [-0.05, 0) is 93.5 Å². The van der Waals surface area contributed by atoms with Crippen LogP contribution in [0.3, 0.4) is 0 Å². The molecule has 2 fully saturated rings. The summed E-state index contributed by atoms with van der Waals surface area (Å²) in [4.78, 5) is 14.4. The topological polar surface area (TPSA) is 78.1 Å². The molecule has 3 aromatic carbocycles. The van der Waals surface area contributed by atoms with Gasteiger partial charge >= 0.3 is 5.69 Å². The fraction of sp³-hybridized carbons (Fsp3) is 0.364. The predicted molar refractivity (Wildman–Crippen MR) is 219 cm³/mol. The zero-order valence-electron chi connectivity index (χ0n) is 33.0. The molecular formula is C44H45F2N8O2S+. The average Bonchev–Trinajstić information content (AvgIpc) is 3.52. The molecule has 1 unspecified atom stereocenters. The van der Waals surface area contributed by atoms with E-state index < -0.39 is 11.5 Å². The number of hydrogen-bond donors (Lipinski definition) is 0. The molecule has 0 spiro atoms. The highest BCUT2D eigenvalue weighted by Crippen LogP contribution is 2.46. The minimum Gasteiger partial charge on any atom is -0.376 e. The fourth-order valence-corrected chi connectivity index (χ4v) is 10.1. The Morgan fingerprint density at radius 2 is 1.79 bits per heavy atom. The number of benzene rings is 3. The van der Waals surface area contributed by atoms with Gasteiger partial charge in [0.15, 0.2) is 11.5 Å². The third kappa shape index (κ3) is 6.04. The minimum absolute atomic E-state index is 0.129. The summed E-state index contributed by atoms with van der Waals surface area (Å²) < 4.78 is 47.9. The lowest BCUT2D eigenvalue weighted by Crippen LogP contribution is -2.32. The van der Waals surface area contributed by atoms with Crippen molar-refractivity contribution >= 4 is 40.3 Å². The first-order valence-corrected chi connectivity index (χ1v) is 20.5. The molecular weight excluding hydrogens is 743 g/mol. The van der Waals surface area contributed by atoms with Crippen LogP contribution >= 0.6 is 11.9 Å². The molecule has 6 aromatic rings. The Bertz CT molecular complexity index is 2760. The highest BCUT2D eigenvalue weighted by Gasteiger charge is 2.44. The summed E-state index contributed by atoms with van der Waals surface area (Å²) in [7, 11) is 1.75. The number of fused-ring (bicyclic) bond motifs is 3. The molecule has 0 bridgehead atoms. The van der Waals surface area contributed by atoms with Crippen molar-refractivity contribution in [3.05, 3.63) is 122 Å². The van der Waals surface area contributed by atoms with E-state index in [0.29, 0.717) is 58.3 Å². The number of aromatic nitrogens is 6. The molecule has 57 heavy (non-hydrogen) atoms. The van der Waals surface area contributed by atoms with Crippen LogP contribution in [0, 0.1) is 31.4 Å². The number of halogens is 2. The van der Waals surface area contributed by atoms with Gasteiger partial charge in [0.2, 0.25) is 5.69 Å². The Morgan fingerprint density at radius 1 is 1.02 bits per heavy atom. The van der Waals surface area contributed by atoms with Gasteiger partial charge in [0.25, 0.3) is 5.03 Å². The van der Waals surface area contributed by atoms with Crippen LogP contribution in [0.1, 0.15) is 79.5 Å². The Balaban J connectivity index is 1.03. The first kappa shape index (κ1) is 36.2. The summed E-state index contributed by atoms with van der Waals surface area (Å²) >= 11 is 1.74. The second-order valence-electron chi connectivity index (χ2n) is 16.7. The van der Waals surface area contributed by atoms with Gasteiger partial charge in [-0.15, -0.1) is 0 Å². The summed E-state index contributed by atoms with van der Waals surface area (Å²) in [6.07, 6.45) is 10.8. The minimum atomic E-state index is -0.523. The van der Waals surface area contributed by atoms with Crippen LogP contribution in [0.5, 0.6) is 0 Å². The molecule has 3 aliphatic heterocycles. The number of nitrogens with zero attached hydrogens (tertiary/aromatic N) is 8. The predicted octanol–water partition coefficient (Wildman–Crippen LogP) is 8.41. The molecule has 1 saturated heterocycles. The van der Waals surface area contributed by atoms with Crippen molar-refractivity contribution in [2.24, 2.45) is 13.0 Å². The number of rotatable bonds is 6. The van der Waals surface area contributed by atoms with E-state index in [2.05, 4.69) is 59.0 Å². The molecule has 292 valence electrons. The summed E-state index contributed by atoms with van der Waals surface area (Å²) in [5, 5.41) is 10.8.